The van der Waals surface area contributed by atoms with Crippen molar-refractivity contribution >= 4 is 21.8 Å². The standard InChI is InChI=1S/C8H10BrN3O/c9-6-2-1-4-11-7(10)3-5-12-8(6)13/h1-5,7,11H,10H2,(H,12,13)/b4-1+,5-3+,6-2+/t7-/m1/s1. The second kappa shape index (κ2) is 4.84. The van der Waals surface area contributed by atoms with E-state index in [0.717, 1.165) is 0 Å². The van der Waals surface area contributed by atoms with Crippen molar-refractivity contribution in [1.29, 1.82) is 0 Å². The van der Waals surface area contributed by atoms with Gasteiger partial charge in [-0.15, -0.1) is 0 Å². The van der Waals surface area contributed by atoms with Crippen LogP contribution < -0.4 is 16.4 Å². The molecule has 0 aromatic heterocycles. The maximum absolute atomic E-state index is 11.2. The molecule has 0 saturated heterocycles. The average molecular weight is 244 g/mol. The summed E-state index contributed by atoms with van der Waals surface area (Å²) in [7, 11) is 0. The second-order valence-corrected chi connectivity index (χ2v) is 3.25. The zero-order valence-electron chi connectivity index (χ0n) is 6.83. The lowest BCUT2D eigenvalue weighted by Gasteiger charge is -2.07. The van der Waals surface area contributed by atoms with Gasteiger partial charge in [0.25, 0.3) is 5.91 Å². The molecule has 1 aliphatic heterocycles. The highest BCUT2D eigenvalue weighted by Gasteiger charge is 2.02. The molecule has 13 heavy (non-hydrogen) atoms. The topological polar surface area (TPSA) is 67.1 Å². The first-order chi connectivity index (χ1) is 6.20. The number of rotatable bonds is 0. The first kappa shape index (κ1) is 10.0. The summed E-state index contributed by atoms with van der Waals surface area (Å²) in [5, 5.41) is 5.43. The second-order valence-electron chi connectivity index (χ2n) is 2.40. The van der Waals surface area contributed by atoms with Gasteiger partial charge in [0.15, 0.2) is 0 Å². The van der Waals surface area contributed by atoms with Gasteiger partial charge in [-0.3, -0.25) is 4.79 Å². The fourth-order valence-electron chi connectivity index (χ4n) is 0.727. The smallest absolute Gasteiger partial charge is 0.262 e. The van der Waals surface area contributed by atoms with Crippen molar-refractivity contribution in [2.45, 2.75) is 6.17 Å². The van der Waals surface area contributed by atoms with Crippen molar-refractivity contribution in [2.24, 2.45) is 5.73 Å². The van der Waals surface area contributed by atoms with Gasteiger partial charge in [0.1, 0.15) is 0 Å². The van der Waals surface area contributed by atoms with Crippen LogP contribution in [0.3, 0.4) is 0 Å². The molecule has 1 aliphatic rings. The van der Waals surface area contributed by atoms with E-state index < -0.39 is 0 Å². The lowest BCUT2D eigenvalue weighted by molar-refractivity contribution is -0.115. The molecule has 1 atom stereocenters. The fraction of sp³-hybridized carbons (Fsp3) is 0.125. The molecule has 0 bridgehead atoms. The normalized spacial score (nSPS) is 32.0. The minimum atomic E-state index is -0.290. The average Bonchev–Trinajstić information content (AvgIpc) is 2.11. The Morgan fingerprint density at radius 1 is 1.46 bits per heavy atom. The first-order valence-electron chi connectivity index (χ1n) is 3.71. The quantitative estimate of drug-likeness (QED) is 0.574. The van der Waals surface area contributed by atoms with Crippen LogP contribution in [-0.4, -0.2) is 12.1 Å². The maximum atomic E-state index is 11.2. The van der Waals surface area contributed by atoms with Gasteiger partial charge in [0, 0.05) is 6.20 Å². The van der Waals surface area contributed by atoms with E-state index >= 15 is 0 Å². The van der Waals surface area contributed by atoms with E-state index in [4.69, 9.17) is 5.73 Å². The van der Waals surface area contributed by atoms with Crippen LogP contribution in [0.25, 0.3) is 0 Å². The van der Waals surface area contributed by atoms with Crippen molar-refractivity contribution in [1.82, 2.24) is 10.6 Å². The summed E-state index contributed by atoms with van der Waals surface area (Å²) >= 11 is 3.12. The lowest BCUT2D eigenvalue weighted by Crippen LogP contribution is -2.32. The van der Waals surface area contributed by atoms with Gasteiger partial charge in [-0.25, -0.2) is 0 Å². The number of nitrogens with one attached hydrogen (secondary N) is 2. The van der Waals surface area contributed by atoms with Gasteiger partial charge in [-0.05, 0) is 40.4 Å². The van der Waals surface area contributed by atoms with E-state index in [1.165, 1.54) is 6.20 Å². The Hall–Kier alpha value is -1.07. The molecule has 1 rings (SSSR count). The predicted octanol–water partition coefficient (Wildman–Crippen LogP) is 0.297. The number of allylic oxidation sites excluding steroid dienone is 2. The predicted molar refractivity (Wildman–Crippen MR) is 54.5 cm³/mol. The summed E-state index contributed by atoms with van der Waals surface area (Å²) in [5.74, 6) is -0.199. The SMILES string of the molecule is N[C@H]1/C=C/NC(=O)/C(Br)=C\C=C\N1. The molecule has 0 fully saturated rings. The van der Waals surface area contributed by atoms with Gasteiger partial charge < -0.3 is 16.4 Å². The summed E-state index contributed by atoms with van der Waals surface area (Å²) in [6.07, 6.45) is 7.87. The molecule has 0 aliphatic carbocycles. The minimum Gasteiger partial charge on any atom is -0.373 e. The van der Waals surface area contributed by atoms with Gasteiger partial charge in [-0.2, -0.15) is 0 Å². The largest absolute Gasteiger partial charge is 0.373 e. The van der Waals surface area contributed by atoms with Gasteiger partial charge >= 0.3 is 0 Å². The zero-order valence-corrected chi connectivity index (χ0v) is 8.41. The van der Waals surface area contributed by atoms with Crippen molar-refractivity contribution in [3.05, 3.63) is 35.1 Å². The minimum absolute atomic E-state index is 0.199. The molecule has 0 aromatic carbocycles. The van der Waals surface area contributed by atoms with Crippen LogP contribution in [0.15, 0.2) is 35.1 Å². The van der Waals surface area contributed by atoms with Crippen molar-refractivity contribution < 1.29 is 4.79 Å². The fourth-order valence-corrected chi connectivity index (χ4v) is 0.994. The van der Waals surface area contributed by atoms with Crippen LogP contribution in [0.4, 0.5) is 0 Å². The Balaban J connectivity index is 2.77. The molecule has 0 aromatic rings. The van der Waals surface area contributed by atoms with Crippen LogP contribution in [0.1, 0.15) is 0 Å². The third kappa shape index (κ3) is 3.43. The number of carbonyl (C=O) groups excluding carboxylic acids is 1. The Bertz CT molecular complexity index is 283. The number of carbonyl (C=O) groups is 1. The highest BCUT2D eigenvalue weighted by molar-refractivity contribution is 9.12. The molecule has 0 saturated carbocycles. The van der Waals surface area contributed by atoms with E-state index in [1.807, 2.05) is 0 Å². The molecule has 1 amide bonds. The highest BCUT2D eigenvalue weighted by Crippen LogP contribution is 2.04. The number of nitrogens with two attached hydrogens (primary N) is 1. The van der Waals surface area contributed by atoms with Crippen LogP contribution in [-0.2, 0) is 4.79 Å². The molecular weight excluding hydrogens is 234 g/mol. The third-order valence-corrected chi connectivity index (χ3v) is 1.99. The van der Waals surface area contributed by atoms with E-state index in [2.05, 4.69) is 26.6 Å². The Morgan fingerprint density at radius 2 is 2.23 bits per heavy atom. The number of halogens is 1. The van der Waals surface area contributed by atoms with Crippen LogP contribution in [0, 0.1) is 0 Å². The van der Waals surface area contributed by atoms with Gasteiger partial charge in [0.05, 0.1) is 10.6 Å². The summed E-state index contributed by atoms with van der Waals surface area (Å²) in [6.45, 7) is 0. The molecule has 1 heterocycles. The lowest BCUT2D eigenvalue weighted by atomic mass is 10.4. The summed E-state index contributed by atoms with van der Waals surface area (Å²) < 4.78 is 0.464. The Labute approximate surface area is 84.7 Å². The highest BCUT2D eigenvalue weighted by atomic mass is 79.9. The maximum Gasteiger partial charge on any atom is 0.262 e. The molecular formula is C8H10BrN3O. The zero-order chi connectivity index (χ0) is 9.68. The summed E-state index contributed by atoms with van der Waals surface area (Å²) in [6, 6.07) is 0. The number of hydrogen-bond acceptors (Lipinski definition) is 3. The van der Waals surface area contributed by atoms with Crippen LogP contribution in [0.2, 0.25) is 0 Å². The van der Waals surface area contributed by atoms with E-state index in [-0.39, 0.29) is 12.1 Å². The van der Waals surface area contributed by atoms with E-state index in [9.17, 15) is 4.79 Å². The Morgan fingerprint density at radius 3 is 3.00 bits per heavy atom. The van der Waals surface area contributed by atoms with Crippen molar-refractivity contribution in [3.63, 3.8) is 0 Å². The molecule has 0 unspecified atom stereocenters. The molecule has 0 spiro atoms. The van der Waals surface area contributed by atoms with Crippen molar-refractivity contribution in [3.8, 4) is 0 Å². The molecule has 5 heteroatoms. The summed E-state index contributed by atoms with van der Waals surface area (Å²) in [5.41, 5.74) is 5.57. The van der Waals surface area contributed by atoms with E-state index in [0.29, 0.717) is 4.48 Å². The molecule has 4 nitrogen and oxygen atoms in total. The third-order valence-electron chi connectivity index (χ3n) is 1.36. The molecule has 0 radical (unpaired) electrons. The first-order valence-corrected chi connectivity index (χ1v) is 4.51. The van der Waals surface area contributed by atoms with Gasteiger partial charge in [-0.1, -0.05) is 0 Å². The van der Waals surface area contributed by atoms with E-state index in [1.54, 1.807) is 24.4 Å². The summed E-state index contributed by atoms with van der Waals surface area (Å²) in [4.78, 5) is 11.2. The van der Waals surface area contributed by atoms with Crippen LogP contribution in [0.5, 0.6) is 0 Å². The number of hydrogen-bond donors (Lipinski definition) is 3. The Kier molecular flexibility index (Phi) is 3.72. The molecule has 4 N–H and O–H groups in total. The number of amides is 1. The van der Waals surface area contributed by atoms with Crippen molar-refractivity contribution in [2.75, 3.05) is 0 Å². The van der Waals surface area contributed by atoms with Gasteiger partial charge in [0.2, 0.25) is 0 Å². The monoisotopic (exact) mass is 243 g/mol. The van der Waals surface area contributed by atoms with Crippen LogP contribution >= 0.6 is 15.9 Å². The molecule has 70 valence electrons.